The largest absolute Gasteiger partial charge is 0.416 e. The van der Waals surface area contributed by atoms with Crippen molar-refractivity contribution >= 4 is 29.1 Å². The molecule has 2 aromatic heterocycles. The molecule has 2 aromatic rings. The van der Waals surface area contributed by atoms with E-state index in [1.165, 1.54) is 0 Å². The van der Waals surface area contributed by atoms with Crippen LogP contribution in [0, 0.1) is 0 Å². The number of pyridine rings is 1. The summed E-state index contributed by atoms with van der Waals surface area (Å²) in [4.78, 5) is 27.8. The third-order valence-corrected chi connectivity index (χ3v) is 4.76. The van der Waals surface area contributed by atoms with Crippen LogP contribution in [0.2, 0.25) is 0 Å². The molecule has 30 heavy (non-hydrogen) atoms. The lowest BCUT2D eigenvalue weighted by molar-refractivity contribution is 0.110. The second kappa shape index (κ2) is 9.86. The summed E-state index contributed by atoms with van der Waals surface area (Å²) in [5, 5.41) is 6.75. The van der Waals surface area contributed by atoms with Gasteiger partial charge in [0.2, 0.25) is 5.88 Å². The first-order chi connectivity index (χ1) is 14.3. The van der Waals surface area contributed by atoms with Gasteiger partial charge in [-0.05, 0) is 39.1 Å². The zero-order chi connectivity index (χ0) is 21.6. The highest BCUT2D eigenvalue weighted by atomic mass is 32.1. The zero-order valence-electron chi connectivity index (χ0n) is 17.6. The summed E-state index contributed by atoms with van der Waals surface area (Å²) >= 11 is 5.27. The Morgan fingerprint density at radius 1 is 1.23 bits per heavy atom. The van der Waals surface area contributed by atoms with Crippen LogP contribution in [0.4, 0.5) is 10.5 Å². The van der Waals surface area contributed by atoms with Crippen LogP contribution in [0.5, 0.6) is 5.88 Å². The number of nitrogens with one attached hydrogen (secondary N) is 3. The number of hydrogen-bond acceptors (Lipinski definition) is 6. The van der Waals surface area contributed by atoms with Gasteiger partial charge in [-0.15, -0.1) is 0 Å². The van der Waals surface area contributed by atoms with Gasteiger partial charge in [0, 0.05) is 62.6 Å². The molecule has 0 radical (unpaired) electrons. The normalized spacial score (nSPS) is 15.0. The molecule has 3 rings (SSSR count). The van der Waals surface area contributed by atoms with Gasteiger partial charge in [-0.2, -0.15) is 0 Å². The van der Waals surface area contributed by atoms with E-state index in [2.05, 4.69) is 30.5 Å². The first-order valence-corrected chi connectivity index (χ1v) is 10.4. The maximum Gasteiger partial charge on any atom is 0.416 e. The quantitative estimate of drug-likeness (QED) is 0.620. The van der Waals surface area contributed by atoms with E-state index in [4.69, 9.17) is 17.0 Å². The van der Waals surface area contributed by atoms with Crippen LogP contribution in [0.25, 0.3) is 0 Å². The molecule has 9 nitrogen and oxygen atoms in total. The zero-order valence-corrected chi connectivity index (χ0v) is 18.5. The van der Waals surface area contributed by atoms with Gasteiger partial charge < -0.3 is 25.3 Å². The smallest absolute Gasteiger partial charge is 0.391 e. The number of ether oxygens (including phenoxy) is 1. The highest BCUT2D eigenvalue weighted by Crippen LogP contribution is 2.14. The van der Waals surface area contributed by atoms with Gasteiger partial charge in [-0.3, -0.25) is 4.90 Å². The number of imidazole rings is 1. The molecule has 0 atom stereocenters. The number of H-pyrrole nitrogens is 1. The second-order valence-electron chi connectivity index (χ2n) is 8.24. The molecule has 0 spiro atoms. The van der Waals surface area contributed by atoms with Crippen molar-refractivity contribution < 1.29 is 9.53 Å². The first kappa shape index (κ1) is 22.0. The van der Waals surface area contributed by atoms with Crippen molar-refractivity contribution in [2.24, 2.45) is 0 Å². The lowest BCUT2D eigenvalue weighted by atomic mass is 10.1. The van der Waals surface area contributed by atoms with Gasteiger partial charge >= 0.3 is 6.09 Å². The molecule has 0 saturated carbocycles. The number of anilines is 1. The van der Waals surface area contributed by atoms with E-state index in [1.54, 1.807) is 29.6 Å². The van der Waals surface area contributed by atoms with E-state index < -0.39 is 0 Å². The third-order valence-electron chi connectivity index (χ3n) is 4.56. The Balaban J connectivity index is 1.41. The van der Waals surface area contributed by atoms with E-state index in [0.717, 1.165) is 37.4 Å². The Morgan fingerprint density at radius 3 is 2.60 bits per heavy atom. The number of aromatic nitrogens is 3. The van der Waals surface area contributed by atoms with Crippen molar-refractivity contribution in [3.63, 3.8) is 0 Å². The molecule has 0 unspecified atom stereocenters. The number of thiocarbonyl (C=S) groups is 1. The highest BCUT2D eigenvalue weighted by molar-refractivity contribution is 7.80. The van der Waals surface area contributed by atoms with Crippen LogP contribution in [0.15, 0.2) is 30.9 Å². The average Bonchev–Trinajstić information content (AvgIpc) is 3.20. The third kappa shape index (κ3) is 6.96. The fourth-order valence-corrected chi connectivity index (χ4v) is 3.45. The molecule has 1 fully saturated rings. The van der Waals surface area contributed by atoms with Gasteiger partial charge in [0.05, 0.1) is 18.2 Å². The Bertz CT molecular complexity index is 826. The molecule has 10 heteroatoms. The molecular formula is C20H29N7O2S. The molecule has 1 aliphatic heterocycles. The Morgan fingerprint density at radius 2 is 2.00 bits per heavy atom. The molecule has 1 saturated heterocycles. The van der Waals surface area contributed by atoms with Crippen LogP contribution in [-0.2, 0) is 6.42 Å². The maximum absolute atomic E-state index is 12.4. The van der Waals surface area contributed by atoms with E-state index in [1.807, 2.05) is 27.0 Å². The molecule has 0 bridgehead atoms. The first-order valence-electron chi connectivity index (χ1n) is 10.00. The number of aromatic amines is 1. The summed E-state index contributed by atoms with van der Waals surface area (Å²) in [5.41, 5.74) is 1.72. The monoisotopic (exact) mass is 431 g/mol. The number of carbonyl (C=O) groups is 1. The van der Waals surface area contributed by atoms with Crippen molar-refractivity contribution in [3.05, 3.63) is 36.5 Å². The van der Waals surface area contributed by atoms with E-state index in [0.29, 0.717) is 18.2 Å². The lowest BCUT2D eigenvalue weighted by Gasteiger charge is -2.33. The minimum absolute atomic E-state index is 0.129. The van der Waals surface area contributed by atoms with Crippen LogP contribution in [0.3, 0.4) is 0 Å². The van der Waals surface area contributed by atoms with Crippen molar-refractivity contribution in [1.29, 1.82) is 0 Å². The highest BCUT2D eigenvalue weighted by Gasteiger charge is 2.23. The topological polar surface area (TPSA) is 98.4 Å². The summed E-state index contributed by atoms with van der Waals surface area (Å²) in [6.45, 7) is 9.92. The van der Waals surface area contributed by atoms with Crippen LogP contribution in [0.1, 0.15) is 26.5 Å². The van der Waals surface area contributed by atoms with Gasteiger partial charge in [-0.1, -0.05) is 0 Å². The summed E-state index contributed by atoms with van der Waals surface area (Å²) in [7, 11) is 0. The fourth-order valence-electron chi connectivity index (χ4n) is 3.03. The molecule has 0 aromatic carbocycles. The van der Waals surface area contributed by atoms with Gasteiger partial charge in [0.1, 0.15) is 0 Å². The Kier molecular flexibility index (Phi) is 7.22. The molecular weight excluding hydrogens is 402 g/mol. The molecule has 3 heterocycles. The van der Waals surface area contributed by atoms with Crippen LogP contribution < -0.4 is 15.4 Å². The molecule has 1 aliphatic rings. The molecule has 0 aliphatic carbocycles. The average molecular weight is 432 g/mol. The number of rotatable bonds is 5. The van der Waals surface area contributed by atoms with Crippen LogP contribution in [-0.4, -0.2) is 74.2 Å². The SMILES string of the molecule is CC(C)(C)NC(=S)Nc1ccc(OC(=O)N2CCN(CCc3cnc[nH]3)CC2)nc1. The summed E-state index contributed by atoms with van der Waals surface area (Å²) in [5.74, 6) is 0.266. The van der Waals surface area contributed by atoms with Gasteiger partial charge in [-0.25, -0.2) is 14.8 Å². The van der Waals surface area contributed by atoms with E-state index in [-0.39, 0.29) is 17.5 Å². The predicted molar refractivity (Wildman–Crippen MR) is 120 cm³/mol. The second-order valence-corrected chi connectivity index (χ2v) is 8.65. The van der Waals surface area contributed by atoms with Crippen molar-refractivity contribution in [3.8, 4) is 5.88 Å². The van der Waals surface area contributed by atoms with E-state index >= 15 is 0 Å². The number of amides is 1. The van der Waals surface area contributed by atoms with Gasteiger partial charge in [0.25, 0.3) is 0 Å². The lowest BCUT2D eigenvalue weighted by Crippen LogP contribution is -2.50. The number of carbonyl (C=O) groups excluding carboxylic acids is 1. The molecule has 162 valence electrons. The van der Waals surface area contributed by atoms with Gasteiger partial charge in [0.15, 0.2) is 5.11 Å². The van der Waals surface area contributed by atoms with Crippen LogP contribution >= 0.6 is 12.2 Å². The van der Waals surface area contributed by atoms with E-state index in [9.17, 15) is 4.79 Å². The minimum Gasteiger partial charge on any atom is -0.391 e. The number of piperazine rings is 1. The minimum atomic E-state index is -0.374. The summed E-state index contributed by atoms with van der Waals surface area (Å²) < 4.78 is 5.42. The molecule has 1 amide bonds. The fraction of sp³-hybridized carbons (Fsp3) is 0.500. The van der Waals surface area contributed by atoms with Crippen molar-refractivity contribution in [2.75, 3.05) is 38.0 Å². The number of hydrogen-bond donors (Lipinski definition) is 3. The Labute approximate surface area is 182 Å². The van der Waals surface area contributed by atoms with Crippen molar-refractivity contribution in [1.82, 2.24) is 30.1 Å². The number of nitrogens with zero attached hydrogens (tertiary/aromatic N) is 4. The standard InChI is InChI=1S/C20H29N7O2S/c1-20(2,3)25-18(30)24-16-4-5-17(22-13-16)29-19(28)27-10-8-26(9-11-27)7-6-15-12-21-14-23-15/h4-5,12-14H,6-11H2,1-3H3,(H,21,23)(H2,24,25,30). The van der Waals surface area contributed by atoms with Crippen molar-refractivity contribution in [2.45, 2.75) is 32.7 Å². The molecule has 3 N–H and O–H groups in total. The maximum atomic E-state index is 12.4. The Hall–Kier alpha value is -2.72. The predicted octanol–water partition coefficient (Wildman–Crippen LogP) is 2.25. The summed E-state index contributed by atoms with van der Waals surface area (Å²) in [6, 6.07) is 3.43. The summed E-state index contributed by atoms with van der Waals surface area (Å²) in [6.07, 6.45) is 5.67.